The summed E-state index contributed by atoms with van der Waals surface area (Å²) in [5, 5.41) is 0. The monoisotopic (exact) mass is 481 g/mol. The lowest BCUT2D eigenvalue weighted by atomic mass is 9.89. The fourth-order valence-electron chi connectivity index (χ4n) is 3.79. The third-order valence-corrected chi connectivity index (χ3v) is 6.21. The van der Waals surface area contributed by atoms with Crippen molar-refractivity contribution in [1.29, 1.82) is 0 Å². The largest absolute Gasteiger partial charge is 0.497 e. The summed E-state index contributed by atoms with van der Waals surface area (Å²) in [5.41, 5.74) is 2.99. The molecule has 0 spiro atoms. The standard InChI is InChI=1S/C25H24BrNO4/c1-29-20-12-19(13-21(14-20)30-2)23-24(31-16-18-10-6-7-11-22(18)26)25(28)27(23)15-17-8-4-3-5-9-17/h3-14,23-24H,15-16H2,1-2H3. The van der Waals surface area contributed by atoms with Gasteiger partial charge in [-0.1, -0.05) is 64.5 Å². The molecule has 0 aliphatic carbocycles. The van der Waals surface area contributed by atoms with Crippen molar-refractivity contribution < 1.29 is 19.0 Å². The Hall–Kier alpha value is -2.83. The maximum atomic E-state index is 13.1. The molecule has 160 valence electrons. The van der Waals surface area contributed by atoms with Crippen molar-refractivity contribution in [3.63, 3.8) is 0 Å². The SMILES string of the molecule is COc1cc(OC)cc(C2C(OCc3ccccc3Br)C(=O)N2Cc2ccccc2)c1. The van der Waals surface area contributed by atoms with Gasteiger partial charge in [-0.25, -0.2) is 0 Å². The van der Waals surface area contributed by atoms with Crippen LogP contribution in [0.25, 0.3) is 0 Å². The number of carbonyl (C=O) groups excluding carboxylic acids is 1. The molecule has 2 unspecified atom stereocenters. The maximum absolute atomic E-state index is 13.1. The maximum Gasteiger partial charge on any atom is 0.255 e. The Labute approximate surface area is 190 Å². The number of nitrogens with zero attached hydrogens (tertiary/aromatic N) is 1. The Kier molecular flexibility index (Phi) is 6.59. The number of benzene rings is 3. The Morgan fingerprint density at radius 3 is 2.19 bits per heavy atom. The summed E-state index contributed by atoms with van der Waals surface area (Å²) >= 11 is 3.55. The number of hydrogen-bond acceptors (Lipinski definition) is 4. The highest BCUT2D eigenvalue weighted by molar-refractivity contribution is 9.10. The van der Waals surface area contributed by atoms with Crippen LogP contribution in [0.15, 0.2) is 77.3 Å². The van der Waals surface area contributed by atoms with Crippen molar-refractivity contribution in [2.75, 3.05) is 14.2 Å². The minimum atomic E-state index is -0.576. The van der Waals surface area contributed by atoms with E-state index in [9.17, 15) is 4.79 Å². The van der Waals surface area contributed by atoms with Gasteiger partial charge in [0.25, 0.3) is 5.91 Å². The summed E-state index contributed by atoms with van der Waals surface area (Å²) in [7, 11) is 3.24. The first-order valence-electron chi connectivity index (χ1n) is 10.0. The van der Waals surface area contributed by atoms with Gasteiger partial charge in [-0.15, -0.1) is 0 Å². The van der Waals surface area contributed by atoms with E-state index in [1.807, 2.05) is 77.7 Å². The molecule has 6 heteroatoms. The van der Waals surface area contributed by atoms with Gasteiger partial charge in [-0.2, -0.15) is 0 Å². The molecule has 1 aliphatic heterocycles. The third kappa shape index (κ3) is 4.60. The Morgan fingerprint density at radius 1 is 0.903 bits per heavy atom. The first kappa shape index (κ1) is 21.4. The van der Waals surface area contributed by atoms with Crippen molar-refractivity contribution in [2.24, 2.45) is 0 Å². The summed E-state index contributed by atoms with van der Waals surface area (Å²) in [6.07, 6.45) is -0.576. The molecule has 31 heavy (non-hydrogen) atoms. The van der Waals surface area contributed by atoms with E-state index in [-0.39, 0.29) is 11.9 Å². The van der Waals surface area contributed by atoms with Crippen molar-refractivity contribution in [3.05, 3.63) is 94.0 Å². The van der Waals surface area contributed by atoms with Crippen LogP contribution in [0.5, 0.6) is 11.5 Å². The molecule has 1 fully saturated rings. The first-order chi connectivity index (χ1) is 15.1. The molecule has 2 atom stereocenters. The molecule has 1 saturated heterocycles. The summed E-state index contributed by atoms with van der Waals surface area (Å²) in [4.78, 5) is 14.9. The van der Waals surface area contributed by atoms with E-state index in [0.717, 1.165) is 21.2 Å². The van der Waals surface area contributed by atoms with Crippen molar-refractivity contribution >= 4 is 21.8 Å². The summed E-state index contributed by atoms with van der Waals surface area (Å²) in [6, 6.07) is 23.3. The normalized spacial score (nSPS) is 17.9. The smallest absolute Gasteiger partial charge is 0.255 e. The minimum Gasteiger partial charge on any atom is -0.497 e. The second-order valence-corrected chi connectivity index (χ2v) is 8.22. The molecule has 1 amide bonds. The molecule has 0 aromatic heterocycles. The lowest BCUT2D eigenvalue weighted by Crippen LogP contribution is -2.59. The lowest BCUT2D eigenvalue weighted by molar-refractivity contribution is -0.178. The highest BCUT2D eigenvalue weighted by atomic mass is 79.9. The van der Waals surface area contributed by atoms with Crippen molar-refractivity contribution in [3.8, 4) is 11.5 Å². The van der Waals surface area contributed by atoms with Crippen molar-refractivity contribution in [1.82, 2.24) is 4.90 Å². The van der Waals surface area contributed by atoms with E-state index >= 15 is 0 Å². The van der Waals surface area contributed by atoms with Gasteiger partial charge in [0, 0.05) is 17.1 Å². The fraction of sp³-hybridized carbons (Fsp3) is 0.240. The van der Waals surface area contributed by atoms with Gasteiger partial charge in [0.2, 0.25) is 0 Å². The second kappa shape index (κ2) is 9.54. The number of likely N-dealkylation sites (tertiary alicyclic amines) is 1. The topological polar surface area (TPSA) is 48.0 Å². The Morgan fingerprint density at radius 2 is 1.55 bits per heavy atom. The van der Waals surface area contributed by atoms with Crippen LogP contribution in [-0.4, -0.2) is 31.1 Å². The number of hydrogen-bond donors (Lipinski definition) is 0. The highest BCUT2D eigenvalue weighted by Crippen LogP contribution is 2.41. The van der Waals surface area contributed by atoms with Crippen LogP contribution < -0.4 is 9.47 Å². The fourth-order valence-corrected chi connectivity index (χ4v) is 4.18. The van der Waals surface area contributed by atoms with E-state index in [1.54, 1.807) is 14.2 Å². The van der Waals surface area contributed by atoms with Crippen LogP contribution >= 0.6 is 15.9 Å². The van der Waals surface area contributed by atoms with Gasteiger partial charge in [0.1, 0.15) is 11.5 Å². The van der Waals surface area contributed by atoms with E-state index in [4.69, 9.17) is 14.2 Å². The van der Waals surface area contributed by atoms with Gasteiger partial charge in [-0.3, -0.25) is 4.79 Å². The number of ether oxygens (including phenoxy) is 3. The summed E-state index contributed by atoms with van der Waals surface area (Å²) in [6.45, 7) is 0.855. The summed E-state index contributed by atoms with van der Waals surface area (Å²) in [5.74, 6) is 1.33. The Balaban J connectivity index is 1.62. The van der Waals surface area contributed by atoms with Crippen LogP contribution in [0.1, 0.15) is 22.7 Å². The Bertz CT molecular complexity index is 1030. The number of amides is 1. The number of carbonyl (C=O) groups is 1. The van der Waals surface area contributed by atoms with Crippen LogP contribution in [0.4, 0.5) is 0 Å². The molecule has 5 nitrogen and oxygen atoms in total. The van der Waals surface area contributed by atoms with Crippen LogP contribution in [-0.2, 0) is 22.7 Å². The van der Waals surface area contributed by atoms with E-state index < -0.39 is 6.10 Å². The van der Waals surface area contributed by atoms with Crippen LogP contribution in [0, 0.1) is 0 Å². The number of halogens is 1. The van der Waals surface area contributed by atoms with E-state index in [1.165, 1.54) is 0 Å². The minimum absolute atomic E-state index is 0.0253. The zero-order valence-corrected chi connectivity index (χ0v) is 19.0. The molecule has 0 radical (unpaired) electrons. The molecular formula is C25H24BrNO4. The molecule has 0 bridgehead atoms. The van der Waals surface area contributed by atoms with Gasteiger partial charge in [0.05, 0.1) is 26.9 Å². The van der Waals surface area contributed by atoms with E-state index in [2.05, 4.69) is 15.9 Å². The number of β-lactam (4-membered cyclic amide) rings is 1. The molecule has 1 aliphatic rings. The van der Waals surface area contributed by atoms with E-state index in [0.29, 0.717) is 24.7 Å². The molecule has 0 saturated carbocycles. The van der Waals surface area contributed by atoms with Crippen LogP contribution in [0.3, 0.4) is 0 Å². The van der Waals surface area contributed by atoms with Gasteiger partial charge in [0.15, 0.2) is 6.10 Å². The molecule has 3 aromatic carbocycles. The van der Waals surface area contributed by atoms with Crippen LogP contribution in [0.2, 0.25) is 0 Å². The zero-order valence-electron chi connectivity index (χ0n) is 17.5. The quantitative estimate of drug-likeness (QED) is 0.418. The lowest BCUT2D eigenvalue weighted by Gasteiger charge is -2.47. The third-order valence-electron chi connectivity index (χ3n) is 5.44. The zero-order chi connectivity index (χ0) is 21.8. The second-order valence-electron chi connectivity index (χ2n) is 7.37. The molecule has 4 rings (SSSR count). The molecule has 3 aromatic rings. The van der Waals surface area contributed by atoms with Gasteiger partial charge in [-0.05, 0) is 34.9 Å². The average Bonchev–Trinajstić information content (AvgIpc) is 2.81. The number of methoxy groups -OCH3 is 2. The predicted molar refractivity (Wildman–Crippen MR) is 122 cm³/mol. The number of rotatable bonds is 8. The molecule has 0 N–H and O–H groups in total. The summed E-state index contributed by atoms with van der Waals surface area (Å²) < 4.78 is 18.0. The van der Waals surface area contributed by atoms with Gasteiger partial charge < -0.3 is 19.1 Å². The first-order valence-corrected chi connectivity index (χ1v) is 10.8. The molecule has 1 heterocycles. The highest BCUT2D eigenvalue weighted by Gasteiger charge is 2.49. The van der Waals surface area contributed by atoms with Gasteiger partial charge >= 0.3 is 0 Å². The predicted octanol–water partition coefficient (Wildman–Crippen LogP) is 5.14. The van der Waals surface area contributed by atoms with Crippen molar-refractivity contribution in [2.45, 2.75) is 25.3 Å². The average molecular weight is 482 g/mol. The molecular weight excluding hydrogens is 458 g/mol.